The molecule has 19 heavy (non-hydrogen) atoms. The summed E-state index contributed by atoms with van der Waals surface area (Å²) in [5.41, 5.74) is 2.65. The summed E-state index contributed by atoms with van der Waals surface area (Å²) in [4.78, 5) is 18.2. The Balaban J connectivity index is 1.82. The Morgan fingerprint density at radius 3 is 2.53 bits per heavy atom. The third kappa shape index (κ3) is 2.52. The van der Waals surface area contributed by atoms with Crippen molar-refractivity contribution in [2.75, 3.05) is 19.0 Å². The maximum atomic E-state index is 11.8. The minimum Gasteiger partial charge on any atom is -0.378 e. The van der Waals surface area contributed by atoms with Crippen molar-refractivity contribution in [1.82, 2.24) is 5.32 Å². The first-order chi connectivity index (χ1) is 9.13. The predicted molar refractivity (Wildman–Crippen MR) is 77.0 cm³/mol. The van der Waals surface area contributed by atoms with E-state index >= 15 is 0 Å². The molecule has 3 rings (SSSR count). The number of benzene rings is 1. The SMILES string of the molecule is CN(C)c1ccc(/C=C2/N=C(C3CC3)NC2=O)cc1. The Bertz CT molecular complexity index is 566. The molecule has 0 spiro atoms. The van der Waals surface area contributed by atoms with Crippen LogP contribution in [0.2, 0.25) is 0 Å². The van der Waals surface area contributed by atoms with Crippen molar-refractivity contribution in [1.29, 1.82) is 0 Å². The lowest BCUT2D eigenvalue weighted by Crippen LogP contribution is -2.25. The van der Waals surface area contributed by atoms with Crippen LogP contribution in [-0.2, 0) is 4.79 Å². The van der Waals surface area contributed by atoms with Gasteiger partial charge in [-0.2, -0.15) is 0 Å². The Labute approximate surface area is 112 Å². The topological polar surface area (TPSA) is 44.7 Å². The zero-order valence-corrected chi connectivity index (χ0v) is 11.2. The van der Waals surface area contributed by atoms with Crippen molar-refractivity contribution in [2.24, 2.45) is 10.9 Å². The van der Waals surface area contributed by atoms with Crippen molar-refractivity contribution in [3.63, 3.8) is 0 Å². The molecule has 1 fully saturated rings. The van der Waals surface area contributed by atoms with Crippen LogP contribution in [-0.4, -0.2) is 25.8 Å². The quantitative estimate of drug-likeness (QED) is 0.840. The standard InChI is InChI=1S/C15H17N3O/c1-18(2)12-7-3-10(4-8-12)9-13-15(19)17-14(16-13)11-5-6-11/h3-4,7-9,11H,5-6H2,1-2H3,(H,16,17,19)/b13-9+. The van der Waals surface area contributed by atoms with E-state index in [0.29, 0.717) is 11.6 Å². The number of amidine groups is 1. The average Bonchev–Trinajstić information content (AvgIpc) is 3.17. The largest absolute Gasteiger partial charge is 0.378 e. The monoisotopic (exact) mass is 255 g/mol. The number of hydrogen-bond acceptors (Lipinski definition) is 3. The Hall–Kier alpha value is -2.10. The van der Waals surface area contributed by atoms with Crippen LogP contribution in [0.5, 0.6) is 0 Å². The average molecular weight is 255 g/mol. The molecule has 0 saturated heterocycles. The van der Waals surface area contributed by atoms with Gasteiger partial charge in [0.2, 0.25) is 0 Å². The van der Waals surface area contributed by atoms with E-state index in [1.807, 2.05) is 49.3 Å². The molecular formula is C15H17N3O. The van der Waals surface area contributed by atoms with Crippen LogP contribution < -0.4 is 10.2 Å². The van der Waals surface area contributed by atoms with E-state index in [1.165, 1.54) is 0 Å². The van der Waals surface area contributed by atoms with Gasteiger partial charge in [0.1, 0.15) is 11.5 Å². The second-order valence-corrected chi connectivity index (χ2v) is 5.24. The highest BCUT2D eigenvalue weighted by atomic mass is 16.2. The third-order valence-electron chi connectivity index (χ3n) is 3.39. The zero-order chi connectivity index (χ0) is 13.4. The van der Waals surface area contributed by atoms with E-state index < -0.39 is 0 Å². The van der Waals surface area contributed by atoms with E-state index in [4.69, 9.17) is 0 Å². The molecule has 0 radical (unpaired) electrons. The number of anilines is 1. The molecule has 1 aromatic carbocycles. The van der Waals surface area contributed by atoms with E-state index in [9.17, 15) is 4.79 Å². The first-order valence-corrected chi connectivity index (χ1v) is 6.52. The van der Waals surface area contributed by atoms with Crippen molar-refractivity contribution in [2.45, 2.75) is 12.8 Å². The van der Waals surface area contributed by atoms with Crippen LogP contribution in [0.15, 0.2) is 35.0 Å². The normalized spacial score (nSPS) is 20.4. The van der Waals surface area contributed by atoms with Crippen LogP contribution in [0, 0.1) is 5.92 Å². The van der Waals surface area contributed by atoms with Gasteiger partial charge in [-0.1, -0.05) is 12.1 Å². The summed E-state index contributed by atoms with van der Waals surface area (Å²) < 4.78 is 0. The fourth-order valence-corrected chi connectivity index (χ4v) is 2.06. The van der Waals surface area contributed by atoms with Gasteiger partial charge in [0.05, 0.1) is 0 Å². The molecule has 0 aromatic heterocycles. The van der Waals surface area contributed by atoms with Crippen LogP contribution in [0.4, 0.5) is 5.69 Å². The fraction of sp³-hybridized carbons (Fsp3) is 0.333. The molecule has 1 saturated carbocycles. The molecule has 1 aliphatic heterocycles. The number of rotatable bonds is 3. The van der Waals surface area contributed by atoms with Crippen LogP contribution in [0.1, 0.15) is 18.4 Å². The molecule has 0 bridgehead atoms. The number of aliphatic imine (C=N–C) groups is 1. The fourth-order valence-electron chi connectivity index (χ4n) is 2.06. The van der Waals surface area contributed by atoms with Crippen molar-refractivity contribution < 1.29 is 4.79 Å². The molecule has 1 aliphatic carbocycles. The van der Waals surface area contributed by atoms with Gasteiger partial charge in [-0.05, 0) is 36.6 Å². The predicted octanol–water partition coefficient (Wildman–Crippen LogP) is 2.03. The number of nitrogens with zero attached hydrogens (tertiary/aromatic N) is 2. The summed E-state index contributed by atoms with van der Waals surface area (Å²) >= 11 is 0. The Kier molecular flexibility index (Phi) is 2.85. The maximum absolute atomic E-state index is 11.8. The molecule has 2 aliphatic rings. The van der Waals surface area contributed by atoms with Gasteiger partial charge >= 0.3 is 0 Å². The van der Waals surface area contributed by atoms with Gasteiger partial charge in [-0.25, -0.2) is 4.99 Å². The number of carbonyl (C=O) groups is 1. The van der Waals surface area contributed by atoms with Crippen LogP contribution in [0.3, 0.4) is 0 Å². The lowest BCUT2D eigenvalue weighted by atomic mass is 10.1. The van der Waals surface area contributed by atoms with E-state index in [2.05, 4.69) is 10.3 Å². The lowest BCUT2D eigenvalue weighted by Gasteiger charge is -2.11. The molecule has 1 amide bonds. The van der Waals surface area contributed by atoms with Gasteiger partial charge in [-0.3, -0.25) is 4.79 Å². The molecule has 0 unspecified atom stereocenters. The number of amides is 1. The second kappa shape index (κ2) is 4.53. The van der Waals surface area contributed by atoms with Crippen molar-refractivity contribution in [3.8, 4) is 0 Å². The van der Waals surface area contributed by atoms with Gasteiger partial charge in [0, 0.05) is 25.7 Å². The molecule has 1 heterocycles. The number of nitrogens with one attached hydrogen (secondary N) is 1. The van der Waals surface area contributed by atoms with Crippen LogP contribution >= 0.6 is 0 Å². The van der Waals surface area contributed by atoms with Gasteiger partial charge in [0.15, 0.2) is 0 Å². The maximum Gasteiger partial charge on any atom is 0.275 e. The highest BCUT2D eigenvalue weighted by Gasteiger charge is 2.33. The molecule has 4 nitrogen and oxygen atoms in total. The molecular weight excluding hydrogens is 238 g/mol. The summed E-state index contributed by atoms with van der Waals surface area (Å²) in [5.74, 6) is 1.24. The minimum absolute atomic E-state index is 0.0846. The second-order valence-electron chi connectivity index (χ2n) is 5.24. The highest BCUT2D eigenvalue weighted by Crippen LogP contribution is 2.32. The molecule has 1 N–H and O–H groups in total. The highest BCUT2D eigenvalue weighted by molar-refractivity contribution is 6.15. The van der Waals surface area contributed by atoms with Gasteiger partial charge in [0.25, 0.3) is 5.91 Å². The smallest absolute Gasteiger partial charge is 0.275 e. The summed E-state index contributed by atoms with van der Waals surface area (Å²) in [5, 5.41) is 2.85. The van der Waals surface area contributed by atoms with Gasteiger partial charge in [-0.15, -0.1) is 0 Å². The third-order valence-corrected chi connectivity index (χ3v) is 3.39. The van der Waals surface area contributed by atoms with Gasteiger partial charge < -0.3 is 10.2 Å². The Morgan fingerprint density at radius 2 is 1.95 bits per heavy atom. The first-order valence-electron chi connectivity index (χ1n) is 6.52. The summed E-state index contributed by atoms with van der Waals surface area (Å²) in [6.07, 6.45) is 4.12. The van der Waals surface area contributed by atoms with Crippen molar-refractivity contribution >= 4 is 23.5 Å². The molecule has 4 heteroatoms. The van der Waals surface area contributed by atoms with Crippen LogP contribution in [0.25, 0.3) is 6.08 Å². The molecule has 1 aromatic rings. The van der Waals surface area contributed by atoms with E-state index in [1.54, 1.807) is 0 Å². The lowest BCUT2D eigenvalue weighted by molar-refractivity contribution is -0.115. The molecule has 0 atom stereocenters. The zero-order valence-electron chi connectivity index (χ0n) is 11.2. The summed E-state index contributed by atoms with van der Waals surface area (Å²) in [7, 11) is 4.01. The summed E-state index contributed by atoms with van der Waals surface area (Å²) in [6.45, 7) is 0. The first kappa shape index (κ1) is 12.0. The molecule has 98 valence electrons. The summed E-state index contributed by atoms with van der Waals surface area (Å²) in [6, 6.07) is 8.07. The Morgan fingerprint density at radius 1 is 1.26 bits per heavy atom. The van der Waals surface area contributed by atoms with E-state index in [0.717, 1.165) is 29.9 Å². The number of hydrogen-bond donors (Lipinski definition) is 1. The van der Waals surface area contributed by atoms with Crippen molar-refractivity contribution in [3.05, 3.63) is 35.5 Å². The van der Waals surface area contributed by atoms with E-state index in [-0.39, 0.29) is 5.91 Å². The minimum atomic E-state index is -0.0846. The number of carbonyl (C=O) groups excluding carboxylic acids is 1.